The van der Waals surface area contributed by atoms with Gasteiger partial charge >= 0.3 is 12.1 Å². The number of unbranched alkanes of at least 4 members (excludes halogenated alkanes) is 1. The van der Waals surface area contributed by atoms with Crippen molar-refractivity contribution in [2.45, 2.75) is 29.6 Å². The van der Waals surface area contributed by atoms with Gasteiger partial charge in [0.1, 0.15) is 5.82 Å². The Labute approximate surface area is 175 Å². The molecule has 0 radical (unpaired) electrons. The molecule has 3 aromatic rings. The van der Waals surface area contributed by atoms with Gasteiger partial charge in [-0.15, -0.1) is 0 Å². The number of anilines is 1. The Hall–Kier alpha value is -3.11. The summed E-state index contributed by atoms with van der Waals surface area (Å²) >= 11 is -1.64. The maximum absolute atomic E-state index is 13.5. The van der Waals surface area contributed by atoms with E-state index in [-0.39, 0.29) is 5.95 Å². The summed E-state index contributed by atoms with van der Waals surface area (Å²) in [6.45, 7) is 2.47. The smallest absolute Gasteiger partial charge is 0.413 e. The van der Waals surface area contributed by atoms with Gasteiger partial charge in [0.15, 0.2) is 9.79 Å². The zero-order valence-corrected chi connectivity index (χ0v) is 17.3. The average Bonchev–Trinajstić information content (AvgIpc) is 3.10. The lowest BCUT2D eigenvalue weighted by atomic mass is 10.3. The third-order valence-electron chi connectivity index (χ3n) is 4.26. The van der Waals surface area contributed by atoms with E-state index in [1.165, 1.54) is 35.9 Å². The Kier molecular flexibility index (Phi) is 6.91. The van der Waals surface area contributed by atoms with Crippen LogP contribution in [-0.4, -0.2) is 39.9 Å². The molecule has 3 rings (SSSR count). The first-order valence-corrected chi connectivity index (χ1v) is 10.4. The standard InChI is InChI=1S/C20H21FN4O4S/c1-3-4-10-22-19(26)25-17-9-8-15(30(28)14-7-5-6-13(21)11-14)12-16(17)23-18(25)24-20(27)29-2/h5-9,11-12H,3-4,10H2,1-2H3,(H,22,26)(H,23,24,27). The Balaban J connectivity index is 2.00. The molecule has 0 saturated heterocycles. The van der Waals surface area contributed by atoms with Gasteiger partial charge in [0.25, 0.3) is 0 Å². The van der Waals surface area contributed by atoms with Gasteiger partial charge in [-0.2, -0.15) is 0 Å². The highest BCUT2D eigenvalue weighted by Crippen LogP contribution is 2.27. The minimum atomic E-state index is -1.64. The molecular weight excluding hydrogens is 411 g/mol. The quantitative estimate of drug-likeness (QED) is 0.454. The van der Waals surface area contributed by atoms with Crippen LogP contribution in [0.5, 0.6) is 0 Å². The molecule has 8 nitrogen and oxygen atoms in total. The molecule has 1 heterocycles. The van der Waals surface area contributed by atoms with Crippen LogP contribution in [-0.2, 0) is 15.9 Å². The predicted octanol–water partition coefficient (Wildman–Crippen LogP) is 3.88. The third-order valence-corrected chi connectivity index (χ3v) is 5.62. The minimum absolute atomic E-state index is 0.0282. The molecule has 1 aromatic heterocycles. The topological polar surface area (TPSA) is 108 Å². The van der Waals surface area contributed by atoms with Crippen molar-refractivity contribution in [3.05, 3.63) is 48.3 Å². The van der Waals surface area contributed by atoms with Crippen molar-refractivity contribution in [1.82, 2.24) is 14.9 Å². The number of halogens is 1. The number of methoxy groups -OCH3 is 1. The van der Waals surface area contributed by atoms with E-state index in [2.05, 4.69) is 20.4 Å². The molecule has 2 amide bonds. The summed E-state index contributed by atoms with van der Waals surface area (Å²) in [6.07, 6.45) is 0.930. The number of amides is 2. The van der Waals surface area contributed by atoms with Crippen LogP contribution in [0, 0.1) is 5.82 Å². The molecule has 0 aliphatic rings. The van der Waals surface area contributed by atoms with Crippen LogP contribution in [0.2, 0.25) is 0 Å². The predicted molar refractivity (Wildman–Crippen MR) is 111 cm³/mol. The monoisotopic (exact) mass is 432 g/mol. The van der Waals surface area contributed by atoms with Crippen molar-refractivity contribution >= 4 is 40.3 Å². The summed E-state index contributed by atoms with van der Waals surface area (Å²) in [5.41, 5.74) is 0.754. The van der Waals surface area contributed by atoms with E-state index in [1.54, 1.807) is 18.2 Å². The fourth-order valence-corrected chi connectivity index (χ4v) is 3.88. The number of hydrogen-bond acceptors (Lipinski definition) is 5. The number of carbonyl (C=O) groups is 2. The summed E-state index contributed by atoms with van der Waals surface area (Å²) in [5.74, 6) is -0.515. The van der Waals surface area contributed by atoms with Crippen LogP contribution in [0.4, 0.5) is 19.9 Å². The van der Waals surface area contributed by atoms with Crippen molar-refractivity contribution in [3.8, 4) is 0 Å². The number of hydrogen-bond donors (Lipinski definition) is 2. The number of carbonyl (C=O) groups excluding carboxylic acids is 2. The number of aromatic nitrogens is 2. The minimum Gasteiger partial charge on any atom is -0.606 e. The average molecular weight is 432 g/mol. The van der Waals surface area contributed by atoms with E-state index in [4.69, 9.17) is 0 Å². The van der Waals surface area contributed by atoms with E-state index >= 15 is 0 Å². The Bertz CT molecular complexity index is 1070. The lowest BCUT2D eigenvalue weighted by molar-refractivity contribution is 0.186. The molecule has 2 N–H and O–H groups in total. The maximum atomic E-state index is 13.5. The van der Waals surface area contributed by atoms with Crippen molar-refractivity contribution in [2.24, 2.45) is 0 Å². The molecule has 0 aliphatic heterocycles. The lowest BCUT2D eigenvalue weighted by Gasteiger charge is -2.11. The van der Waals surface area contributed by atoms with Crippen molar-refractivity contribution in [3.63, 3.8) is 0 Å². The molecular formula is C20H21FN4O4S. The Morgan fingerprint density at radius 2 is 2.00 bits per heavy atom. The van der Waals surface area contributed by atoms with Gasteiger partial charge < -0.3 is 14.6 Å². The number of fused-ring (bicyclic) bond motifs is 1. The molecule has 1 unspecified atom stereocenters. The third kappa shape index (κ3) is 4.71. The van der Waals surface area contributed by atoms with Crippen molar-refractivity contribution in [1.29, 1.82) is 0 Å². The number of ether oxygens (including phenoxy) is 1. The van der Waals surface area contributed by atoms with Crippen LogP contribution in [0.1, 0.15) is 19.8 Å². The SMILES string of the molecule is CCCCNC(=O)n1c(NC(=O)OC)nc2cc([S+]([O-])c3cccc(F)c3)ccc21. The maximum Gasteiger partial charge on any atom is 0.413 e. The van der Waals surface area contributed by atoms with Crippen molar-refractivity contribution < 1.29 is 23.3 Å². The van der Waals surface area contributed by atoms with E-state index in [0.29, 0.717) is 27.4 Å². The number of imidazole rings is 1. The fourth-order valence-electron chi connectivity index (χ4n) is 2.78. The molecule has 0 fully saturated rings. The highest BCUT2D eigenvalue weighted by atomic mass is 32.2. The van der Waals surface area contributed by atoms with Gasteiger partial charge in [-0.05, 0) is 30.7 Å². The first-order chi connectivity index (χ1) is 14.4. The van der Waals surface area contributed by atoms with E-state index < -0.39 is 29.1 Å². The second-order valence-corrected chi connectivity index (χ2v) is 7.83. The Morgan fingerprint density at radius 3 is 2.70 bits per heavy atom. The van der Waals surface area contributed by atoms with Crippen LogP contribution < -0.4 is 10.6 Å². The Morgan fingerprint density at radius 1 is 1.23 bits per heavy atom. The number of rotatable bonds is 6. The molecule has 1 atom stereocenters. The summed E-state index contributed by atoms with van der Waals surface area (Å²) in [7, 11) is 1.20. The molecule has 10 heteroatoms. The normalized spacial score (nSPS) is 11.9. The zero-order valence-electron chi connectivity index (χ0n) is 16.5. The first-order valence-electron chi connectivity index (χ1n) is 9.27. The van der Waals surface area contributed by atoms with Gasteiger partial charge in [0.2, 0.25) is 5.95 Å². The number of nitrogens with zero attached hydrogens (tertiary/aromatic N) is 2. The van der Waals surface area contributed by atoms with Crippen LogP contribution in [0.25, 0.3) is 11.0 Å². The molecule has 0 aliphatic carbocycles. The van der Waals surface area contributed by atoms with Gasteiger partial charge in [-0.25, -0.2) is 23.5 Å². The molecule has 158 valence electrons. The largest absolute Gasteiger partial charge is 0.606 e. The highest BCUT2D eigenvalue weighted by molar-refractivity contribution is 7.91. The second-order valence-electron chi connectivity index (χ2n) is 6.35. The summed E-state index contributed by atoms with van der Waals surface area (Å²) in [5, 5.41) is 5.18. The van der Waals surface area contributed by atoms with Crippen LogP contribution >= 0.6 is 0 Å². The molecule has 2 aromatic carbocycles. The molecule has 30 heavy (non-hydrogen) atoms. The van der Waals surface area contributed by atoms with Gasteiger partial charge in [-0.1, -0.05) is 19.4 Å². The van der Waals surface area contributed by atoms with Gasteiger partial charge in [0.05, 0.1) is 18.1 Å². The van der Waals surface area contributed by atoms with E-state index in [9.17, 15) is 18.5 Å². The fraction of sp³-hybridized carbons (Fsp3) is 0.250. The highest BCUT2D eigenvalue weighted by Gasteiger charge is 2.22. The molecule has 0 saturated carbocycles. The van der Waals surface area contributed by atoms with Gasteiger partial charge in [0, 0.05) is 29.9 Å². The second kappa shape index (κ2) is 9.59. The summed E-state index contributed by atoms with van der Waals surface area (Å²) in [6, 6.07) is 9.74. The number of nitrogens with one attached hydrogen (secondary N) is 2. The van der Waals surface area contributed by atoms with E-state index in [0.717, 1.165) is 12.8 Å². The zero-order chi connectivity index (χ0) is 21.7. The summed E-state index contributed by atoms with van der Waals surface area (Å²) in [4.78, 5) is 29.3. The van der Waals surface area contributed by atoms with Gasteiger partial charge in [-0.3, -0.25) is 5.32 Å². The number of benzene rings is 2. The van der Waals surface area contributed by atoms with E-state index in [1.807, 2.05) is 6.92 Å². The summed E-state index contributed by atoms with van der Waals surface area (Å²) < 4.78 is 32.1. The molecule has 0 bridgehead atoms. The molecule has 0 spiro atoms. The van der Waals surface area contributed by atoms with Crippen LogP contribution in [0.15, 0.2) is 52.3 Å². The lowest BCUT2D eigenvalue weighted by Crippen LogP contribution is -2.31. The van der Waals surface area contributed by atoms with Crippen LogP contribution in [0.3, 0.4) is 0 Å². The van der Waals surface area contributed by atoms with Crippen molar-refractivity contribution in [2.75, 3.05) is 19.0 Å². The first kappa shape index (κ1) is 21.6.